The molecule has 1 aliphatic carbocycles. The minimum Gasteiger partial charge on any atom is -0.461 e. The molecule has 0 spiro atoms. The Hall–Kier alpha value is -5.16. The largest absolute Gasteiger partial charge is 0.461 e. The molecule has 0 amide bonds. The van der Waals surface area contributed by atoms with Gasteiger partial charge in [0.2, 0.25) is 0 Å². The number of hydrogen-bond acceptors (Lipinski definition) is 9. The van der Waals surface area contributed by atoms with Crippen molar-refractivity contribution in [3.8, 4) is 30.4 Å². The molecule has 0 aliphatic heterocycles. The number of pyridine rings is 1. The Bertz CT molecular complexity index is 2000. The first kappa shape index (κ1) is 38.6. The summed E-state index contributed by atoms with van der Waals surface area (Å²) in [6, 6.07) is 6.60. The van der Waals surface area contributed by atoms with Crippen LogP contribution in [0.1, 0.15) is 83.9 Å². The van der Waals surface area contributed by atoms with Crippen molar-refractivity contribution in [1.82, 2.24) is 9.55 Å². The Labute approximate surface area is 302 Å². The van der Waals surface area contributed by atoms with Gasteiger partial charge in [-0.05, 0) is 62.6 Å². The first-order valence-electron chi connectivity index (χ1n) is 16.6. The van der Waals surface area contributed by atoms with E-state index >= 15 is 0 Å². The molecule has 0 N–H and O–H groups in total. The number of rotatable bonds is 15. The van der Waals surface area contributed by atoms with Crippen molar-refractivity contribution in [3.05, 3.63) is 79.7 Å². The van der Waals surface area contributed by atoms with Crippen LogP contribution in [0.5, 0.6) is 5.75 Å². The number of halogens is 1. The number of carbonyl (C=O) groups is 4. The van der Waals surface area contributed by atoms with Crippen molar-refractivity contribution < 1.29 is 38.1 Å². The summed E-state index contributed by atoms with van der Waals surface area (Å²) in [6.45, 7) is 4.96. The summed E-state index contributed by atoms with van der Waals surface area (Å²) in [5.41, 5.74) is 2.67. The van der Waals surface area contributed by atoms with Crippen LogP contribution in [-0.4, -0.2) is 46.6 Å². The standard InChI is InChI=1S/C40H41ClN2O8/c1-7-9-11-13-36(44)49-23-29-22-42-26(4)39(33(29)24-50-37(45)14-12-10-8-2)51-38(46)21-31-27(5)43(40(47)28-15-17-30(41)18-16-28)34-19-25(3)35(48-6)20-32(31)34/h1-2,15-20,22,25,35H,9-14,21,23-24H2,3-6H3. The van der Waals surface area contributed by atoms with E-state index in [4.69, 9.17) is 43.4 Å². The van der Waals surface area contributed by atoms with Gasteiger partial charge in [-0.25, -0.2) is 0 Å². The molecule has 0 radical (unpaired) electrons. The van der Waals surface area contributed by atoms with Gasteiger partial charge in [0, 0.05) is 77.5 Å². The predicted octanol–water partition coefficient (Wildman–Crippen LogP) is 4.91. The molecule has 2 heterocycles. The third-order valence-corrected chi connectivity index (χ3v) is 8.81. The first-order chi connectivity index (χ1) is 24.5. The van der Waals surface area contributed by atoms with Gasteiger partial charge in [0.25, 0.3) is 5.91 Å². The van der Waals surface area contributed by atoms with Crippen LogP contribution < -0.4 is 15.3 Å². The van der Waals surface area contributed by atoms with Crippen molar-refractivity contribution in [1.29, 1.82) is 0 Å². The Balaban J connectivity index is 1.68. The zero-order valence-corrected chi connectivity index (χ0v) is 30.0. The van der Waals surface area contributed by atoms with E-state index in [0.29, 0.717) is 74.9 Å². The van der Waals surface area contributed by atoms with Crippen molar-refractivity contribution in [2.24, 2.45) is 5.92 Å². The fourth-order valence-corrected chi connectivity index (χ4v) is 5.92. The highest BCUT2D eigenvalue weighted by atomic mass is 35.5. The van der Waals surface area contributed by atoms with E-state index in [1.165, 1.54) is 6.20 Å². The van der Waals surface area contributed by atoms with Crippen LogP contribution in [0, 0.1) is 44.5 Å². The third kappa shape index (κ3) is 9.76. The van der Waals surface area contributed by atoms with E-state index in [9.17, 15) is 19.2 Å². The zero-order valence-electron chi connectivity index (χ0n) is 29.3. The highest BCUT2D eigenvalue weighted by Crippen LogP contribution is 2.28. The van der Waals surface area contributed by atoms with Crippen molar-refractivity contribution in [3.63, 3.8) is 0 Å². The summed E-state index contributed by atoms with van der Waals surface area (Å²) < 4.78 is 24.3. The number of benzene rings is 1. The first-order valence-corrected chi connectivity index (χ1v) is 17.0. The van der Waals surface area contributed by atoms with Crippen LogP contribution in [0.25, 0.3) is 12.2 Å². The van der Waals surface area contributed by atoms with Crippen molar-refractivity contribution in [2.45, 2.75) is 85.0 Å². The molecule has 0 saturated heterocycles. The molecule has 51 heavy (non-hydrogen) atoms. The lowest BCUT2D eigenvalue weighted by Gasteiger charge is -2.19. The lowest BCUT2D eigenvalue weighted by atomic mass is 9.97. The fourth-order valence-electron chi connectivity index (χ4n) is 5.80. The summed E-state index contributed by atoms with van der Waals surface area (Å²) in [4.78, 5) is 57.0. The van der Waals surface area contributed by atoms with E-state index in [1.54, 1.807) is 49.8 Å². The number of terminal acetylenes is 2. The van der Waals surface area contributed by atoms with E-state index in [1.807, 2.05) is 19.1 Å². The summed E-state index contributed by atoms with van der Waals surface area (Å²) in [5, 5.41) is 1.85. The average molecular weight is 713 g/mol. The van der Waals surface area contributed by atoms with Crippen LogP contribution in [0.2, 0.25) is 5.02 Å². The molecule has 1 aliphatic rings. The number of methoxy groups -OCH3 is 1. The molecule has 0 fully saturated rings. The molecule has 2 aromatic heterocycles. The number of ether oxygens (including phenoxy) is 4. The van der Waals surface area contributed by atoms with Crippen LogP contribution in [0.15, 0.2) is 30.5 Å². The zero-order chi connectivity index (χ0) is 37.1. The molecular formula is C40H41ClN2O8. The number of unbranched alkanes of at least 4 members (excludes halogenated alkanes) is 2. The van der Waals surface area contributed by atoms with E-state index in [-0.39, 0.29) is 56.2 Å². The molecule has 3 aromatic rings. The van der Waals surface area contributed by atoms with Crippen molar-refractivity contribution >= 4 is 47.6 Å². The highest BCUT2D eigenvalue weighted by molar-refractivity contribution is 6.30. The molecule has 2 atom stereocenters. The fraction of sp³-hybridized carbons (Fsp3) is 0.375. The Morgan fingerprint density at radius 2 is 1.53 bits per heavy atom. The van der Waals surface area contributed by atoms with E-state index in [2.05, 4.69) is 16.8 Å². The number of carbonyl (C=O) groups excluding carboxylic acids is 4. The second-order valence-electron chi connectivity index (χ2n) is 12.2. The number of fused-ring (bicyclic) bond motifs is 1. The monoisotopic (exact) mass is 712 g/mol. The van der Waals surface area contributed by atoms with Gasteiger partial charge in [0.15, 0.2) is 5.75 Å². The number of aryl methyl sites for hydroxylation is 1. The van der Waals surface area contributed by atoms with Crippen LogP contribution in [0.4, 0.5) is 0 Å². The lowest BCUT2D eigenvalue weighted by Crippen LogP contribution is -2.41. The minimum atomic E-state index is -0.645. The summed E-state index contributed by atoms with van der Waals surface area (Å²) in [7, 11) is 1.61. The smallest absolute Gasteiger partial charge is 0.315 e. The molecule has 10 nitrogen and oxygen atoms in total. The number of esters is 3. The lowest BCUT2D eigenvalue weighted by molar-refractivity contribution is -0.146. The maximum absolute atomic E-state index is 13.9. The van der Waals surface area contributed by atoms with Gasteiger partial charge in [0.1, 0.15) is 13.2 Å². The molecule has 2 unspecified atom stereocenters. The van der Waals surface area contributed by atoms with Gasteiger partial charge in [0.05, 0.1) is 23.6 Å². The van der Waals surface area contributed by atoms with E-state index in [0.717, 1.165) is 0 Å². The molecule has 0 saturated carbocycles. The van der Waals surface area contributed by atoms with Gasteiger partial charge >= 0.3 is 17.9 Å². The summed E-state index contributed by atoms with van der Waals surface area (Å²) in [5.74, 6) is 3.14. The topological polar surface area (TPSA) is 123 Å². The van der Waals surface area contributed by atoms with Gasteiger partial charge in [-0.15, -0.1) is 24.7 Å². The maximum Gasteiger partial charge on any atom is 0.315 e. The third-order valence-electron chi connectivity index (χ3n) is 8.56. The van der Waals surface area contributed by atoms with Crippen molar-refractivity contribution in [2.75, 3.05) is 7.11 Å². The van der Waals surface area contributed by atoms with Crippen LogP contribution in [0.3, 0.4) is 0 Å². The predicted molar refractivity (Wildman–Crippen MR) is 192 cm³/mol. The van der Waals surface area contributed by atoms with Crippen LogP contribution in [-0.2, 0) is 48.2 Å². The Kier molecular flexibility index (Phi) is 13.8. The normalized spacial score (nSPS) is 14.6. The number of nitrogens with zero attached hydrogens (tertiary/aromatic N) is 2. The molecule has 4 rings (SSSR count). The molecule has 11 heteroatoms. The van der Waals surface area contributed by atoms with E-state index < -0.39 is 17.9 Å². The molecule has 0 bridgehead atoms. The van der Waals surface area contributed by atoms with Gasteiger partial charge in [-0.3, -0.25) is 28.7 Å². The van der Waals surface area contributed by atoms with Gasteiger partial charge in [-0.2, -0.15) is 0 Å². The second kappa shape index (κ2) is 18.2. The number of aromatic nitrogens is 2. The Morgan fingerprint density at radius 3 is 2.14 bits per heavy atom. The molecule has 266 valence electrons. The molecular weight excluding hydrogens is 672 g/mol. The van der Waals surface area contributed by atoms with Gasteiger partial charge in [-0.1, -0.05) is 24.6 Å². The second-order valence-corrected chi connectivity index (χ2v) is 12.6. The highest BCUT2D eigenvalue weighted by Gasteiger charge is 2.27. The summed E-state index contributed by atoms with van der Waals surface area (Å²) in [6.07, 6.45) is 17.5. The maximum atomic E-state index is 13.9. The Morgan fingerprint density at radius 1 is 0.902 bits per heavy atom. The SMILES string of the molecule is C#CCCCC(=O)OCc1cnc(C)c(OC(=O)Cc2c(C)n(C(=O)c3ccc(Cl)cc3)c3c2=CC(OC)C(C)C=3)c1COC(=O)CCCC#C. The quantitative estimate of drug-likeness (QED) is 0.123. The van der Waals surface area contributed by atoms with Crippen LogP contribution >= 0.6 is 11.6 Å². The molecule has 1 aromatic carbocycles. The van der Waals surface area contributed by atoms with Gasteiger partial charge < -0.3 is 18.9 Å². The average Bonchev–Trinajstić information content (AvgIpc) is 3.36. The summed E-state index contributed by atoms with van der Waals surface area (Å²) >= 11 is 6.08. The number of hydrogen-bond donors (Lipinski definition) is 0. The minimum absolute atomic E-state index is 0.0481.